The van der Waals surface area contributed by atoms with Crippen LogP contribution in [0.2, 0.25) is 0 Å². The summed E-state index contributed by atoms with van der Waals surface area (Å²) in [5.41, 5.74) is 4.23. The van der Waals surface area contributed by atoms with E-state index in [1.807, 2.05) is 45.2 Å². The van der Waals surface area contributed by atoms with Gasteiger partial charge in [-0.25, -0.2) is 4.98 Å². The van der Waals surface area contributed by atoms with Crippen LogP contribution in [0, 0.1) is 19.8 Å². The number of ether oxygens (including phenoxy) is 1. The van der Waals surface area contributed by atoms with Gasteiger partial charge >= 0.3 is 0 Å². The van der Waals surface area contributed by atoms with Crippen molar-refractivity contribution in [1.29, 1.82) is 0 Å². The third kappa shape index (κ3) is 3.39. The Morgan fingerprint density at radius 2 is 2.15 bits per heavy atom. The maximum absolute atomic E-state index is 12.9. The van der Waals surface area contributed by atoms with Gasteiger partial charge < -0.3 is 10.1 Å². The average Bonchev–Trinajstić information content (AvgIpc) is 2.83. The second-order valence-electron chi connectivity index (χ2n) is 7.24. The molecule has 1 N–H and O–H groups in total. The second kappa shape index (κ2) is 7.02. The summed E-state index contributed by atoms with van der Waals surface area (Å²) in [6, 6.07) is 9.99. The van der Waals surface area contributed by atoms with E-state index >= 15 is 0 Å². The Morgan fingerprint density at radius 3 is 3.00 bits per heavy atom. The van der Waals surface area contributed by atoms with Crippen LogP contribution in [0.25, 0.3) is 11.0 Å². The van der Waals surface area contributed by atoms with Crippen LogP contribution in [0.3, 0.4) is 0 Å². The molecule has 0 radical (unpaired) electrons. The molecule has 0 aliphatic carbocycles. The molecule has 1 aromatic carbocycles. The number of nitrogens with zero attached hydrogens (tertiary/aromatic N) is 3. The maximum atomic E-state index is 12.9. The summed E-state index contributed by atoms with van der Waals surface area (Å²) in [6.45, 7) is 5.12. The Bertz CT molecular complexity index is 1010. The number of para-hydroxylation sites is 1. The highest BCUT2D eigenvalue weighted by Gasteiger charge is 2.21. The van der Waals surface area contributed by atoms with E-state index in [0.29, 0.717) is 24.6 Å². The van der Waals surface area contributed by atoms with Gasteiger partial charge in [-0.1, -0.05) is 18.2 Å². The molecule has 1 atom stereocenters. The summed E-state index contributed by atoms with van der Waals surface area (Å²) in [7, 11) is 1.85. The largest absolute Gasteiger partial charge is 0.493 e. The number of benzene rings is 1. The number of aromatic nitrogens is 3. The van der Waals surface area contributed by atoms with Crippen LogP contribution in [0.15, 0.2) is 30.3 Å². The number of amides is 1. The van der Waals surface area contributed by atoms with E-state index in [-0.39, 0.29) is 5.91 Å². The fourth-order valence-corrected chi connectivity index (χ4v) is 3.82. The van der Waals surface area contributed by atoms with E-state index in [0.717, 1.165) is 41.0 Å². The number of carbonyl (C=O) groups excluding carboxylic acids is 1. The summed E-state index contributed by atoms with van der Waals surface area (Å²) in [5.74, 6) is 1.25. The average molecular weight is 364 g/mol. The Morgan fingerprint density at radius 1 is 1.33 bits per heavy atom. The number of aryl methyl sites for hydroxylation is 3. The predicted octanol–water partition coefficient (Wildman–Crippen LogP) is 2.96. The lowest BCUT2D eigenvalue weighted by atomic mass is 9.96. The number of nitrogens with one attached hydrogen (secondary N) is 1. The van der Waals surface area contributed by atoms with E-state index in [1.165, 1.54) is 5.56 Å². The molecule has 0 spiro atoms. The van der Waals surface area contributed by atoms with Crippen LogP contribution < -0.4 is 10.1 Å². The summed E-state index contributed by atoms with van der Waals surface area (Å²) in [6.07, 6.45) is 1.83. The fourth-order valence-electron chi connectivity index (χ4n) is 3.82. The third-order valence-electron chi connectivity index (χ3n) is 5.16. The molecule has 27 heavy (non-hydrogen) atoms. The van der Waals surface area contributed by atoms with Gasteiger partial charge in [0.1, 0.15) is 5.75 Å². The van der Waals surface area contributed by atoms with Crippen molar-refractivity contribution in [2.75, 3.05) is 13.2 Å². The first-order chi connectivity index (χ1) is 13.0. The molecule has 140 valence electrons. The van der Waals surface area contributed by atoms with E-state index in [2.05, 4.69) is 21.5 Å². The topological polar surface area (TPSA) is 69.0 Å². The zero-order chi connectivity index (χ0) is 19.0. The lowest BCUT2D eigenvalue weighted by Gasteiger charge is -2.15. The van der Waals surface area contributed by atoms with Crippen molar-refractivity contribution in [3.8, 4) is 5.75 Å². The van der Waals surface area contributed by atoms with Gasteiger partial charge in [-0.05, 0) is 50.3 Å². The molecule has 0 saturated heterocycles. The van der Waals surface area contributed by atoms with Gasteiger partial charge in [-0.3, -0.25) is 9.48 Å². The molecule has 3 aromatic rings. The minimum absolute atomic E-state index is 0.0694. The molecule has 0 unspecified atom stereocenters. The Hall–Kier alpha value is -2.89. The quantitative estimate of drug-likeness (QED) is 0.776. The van der Waals surface area contributed by atoms with Crippen LogP contribution in [-0.2, 0) is 13.5 Å². The Kier molecular flexibility index (Phi) is 4.56. The SMILES string of the molecule is Cc1cc(C(=O)NC[C@@H]2CCOc3ccccc3C2)c2c(C)nn(C)c2n1. The van der Waals surface area contributed by atoms with Crippen molar-refractivity contribution in [1.82, 2.24) is 20.1 Å². The van der Waals surface area contributed by atoms with Crippen LogP contribution in [0.5, 0.6) is 5.75 Å². The van der Waals surface area contributed by atoms with Crippen LogP contribution in [-0.4, -0.2) is 33.8 Å². The summed E-state index contributed by atoms with van der Waals surface area (Å²) in [4.78, 5) is 17.5. The summed E-state index contributed by atoms with van der Waals surface area (Å²) >= 11 is 0. The highest BCUT2D eigenvalue weighted by atomic mass is 16.5. The monoisotopic (exact) mass is 364 g/mol. The molecule has 1 aliphatic heterocycles. The smallest absolute Gasteiger partial charge is 0.252 e. The lowest BCUT2D eigenvalue weighted by Crippen LogP contribution is -2.30. The number of fused-ring (bicyclic) bond motifs is 2. The highest BCUT2D eigenvalue weighted by Crippen LogP contribution is 2.26. The van der Waals surface area contributed by atoms with Crippen LogP contribution >= 0.6 is 0 Å². The van der Waals surface area contributed by atoms with Crippen molar-refractivity contribution in [2.45, 2.75) is 26.7 Å². The molecular weight excluding hydrogens is 340 g/mol. The molecule has 6 nitrogen and oxygen atoms in total. The molecule has 1 amide bonds. The number of rotatable bonds is 3. The molecule has 0 saturated carbocycles. The lowest BCUT2D eigenvalue weighted by molar-refractivity contribution is 0.0947. The summed E-state index contributed by atoms with van der Waals surface area (Å²) in [5, 5.41) is 8.37. The van der Waals surface area contributed by atoms with Gasteiger partial charge in [0, 0.05) is 19.3 Å². The summed E-state index contributed by atoms with van der Waals surface area (Å²) < 4.78 is 7.56. The molecule has 6 heteroatoms. The zero-order valence-corrected chi connectivity index (χ0v) is 16.0. The molecular formula is C21H24N4O2. The first-order valence-electron chi connectivity index (χ1n) is 9.33. The Labute approximate surface area is 158 Å². The zero-order valence-electron chi connectivity index (χ0n) is 16.0. The second-order valence-corrected chi connectivity index (χ2v) is 7.24. The van der Waals surface area contributed by atoms with Gasteiger partial charge in [-0.2, -0.15) is 5.10 Å². The Balaban J connectivity index is 1.53. The maximum Gasteiger partial charge on any atom is 0.252 e. The van der Waals surface area contributed by atoms with Crippen molar-refractivity contribution >= 4 is 16.9 Å². The molecule has 2 aromatic heterocycles. The molecule has 1 aliphatic rings. The number of hydrogen-bond acceptors (Lipinski definition) is 4. The fraction of sp³-hybridized carbons (Fsp3) is 0.381. The normalized spacial score (nSPS) is 16.5. The number of pyridine rings is 1. The third-order valence-corrected chi connectivity index (χ3v) is 5.16. The number of hydrogen-bond donors (Lipinski definition) is 1. The highest BCUT2D eigenvalue weighted by molar-refractivity contribution is 6.06. The van der Waals surface area contributed by atoms with E-state index in [4.69, 9.17) is 4.74 Å². The molecule has 0 fully saturated rings. The van der Waals surface area contributed by atoms with E-state index in [9.17, 15) is 4.79 Å². The number of carbonyl (C=O) groups is 1. The first-order valence-corrected chi connectivity index (χ1v) is 9.33. The van der Waals surface area contributed by atoms with Crippen LogP contribution in [0.1, 0.15) is 33.7 Å². The first kappa shape index (κ1) is 17.5. The minimum atomic E-state index is -0.0694. The van der Waals surface area contributed by atoms with Crippen molar-refractivity contribution in [3.63, 3.8) is 0 Å². The van der Waals surface area contributed by atoms with E-state index < -0.39 is 0 Å². The van der Waals surface area contributed by atoms with Gasteiger partial charge in [0.2, 0.25) is 0 Å². The molecule has 4 rings (SSSR count). The predicted molar refractivity (Wildman–Crippen MR) is 104 cm³/mol. The van der Waals surface area contributed by atoms with E-state index in [1.54, 1.807) is 4.68 Å². The van der Waals surface area contributed by atoms with Crippen molar-refractivity contribution < 1.29 is 9.53 Å². The standard InChI is InChI=1S/C21H24N4O2/c1-13-10-17(19-14(2)24-25(3)20(19)23-13)21(26)22-12-15-8-9-27-18-7-5-4-6-16(18)11-15/h4-7,10,15H,8-9,11-12H2,1-3H3,(H,22,26)/t15-/m1/s1. The van der Waals surface area contributed by atoms with Gasteiger partial charge in [0.05, 0.1) is 23.3 Å². The molecule has 0 bridgehead atoms. The van der Waals surface area contributed by atoms with Crippen molar-refractivity contribution in [3.05, 3.63) is 52.8 Å². The van der Waals surface area contributed by atoms with Crippen molar-refractivity contribution in [2.24, 2.45) is 13.0 Å². The molecule has 3 heterocycles. The van der Waals surface area contributed by atoms with Crippen LogP contribution in [0.4, 0.5) is 0 Å². The van der Waals surface area contributed by atoms with Gasteiger partial charge in [-0.15, -0.1) is 0 Å². The van der Waals surface area contributed by atoms with Gasteiger partial charge in [0.15, 0.2) is 5.65 Å². The minimum Gasteiger partial charge on any atom is -0.493 e. The van der Waals surface area contributed by atoms with Gasteiger partial charge in [0.25, 0.3) is 5.91 Å².